The lowest BCUT2D eigenvalue weighted by atomic mass is 10.0. The second-order valence-electron chi connectivity index (χ2n) is 7.15. The Morgan fingerprint density at radius 2 is 1.85 bits per heavy atom. The molecule has 26 heavy (non-hydrogen) atoms. The standard InChI is InChI=1S/C19H26N4O3/c1-13(24)20-9-18-19(26)23-11-16(21-14(2)25)8-17(23)12-22(18)10-15-6-4-3-5-7-15/h3-7,16-18H,8-12H2,1-2H3,(H,20,24)(H,21,25)/t16-,17-,18-/m0/s1. The molecule has 0 spiro atoms. The van der Waals surface area contributed by atoms with Crippen LogP contribution >= 0.6 is 0 Å². The molecule has 2 heterocycles. The van der Waals surface area contributed by atoms with Gasteiger partial charge in [0, 0.05) is 52.1 Å². The Kier molecular flexibility index (Phi) is 5.56. The summed E-state index contributed by atoms with van der Waals surface area (Å²) in [5.41, 5.74) is 1.14. The molecule has 0 aliphatic carbocycles. The van der Waals surface area contributed by atoms with Gasteiger partial charge < -0.3 is 15.5 Å². The number of hydrogen-bond donors (Lipinski definition) is 2. The van der Waals surface area contributed by atoms with Gasteiger partial charge in [-0.3, -0.25) is 19.3 Å². The predicted molar refractivity (Wildman–Crippen MR) is 97.0 cm³/mol. The van der Waals surface area contributed by atoms with Gasteiger partial charge in [0.1, 0.15) is 6.04 Å². The van der Waals surface area contributed by atoms with Crippen molar-refractivity contribution in [2.24, 2.45) is 0 Å². The quantitative estimate of drug-likeness (QED) is 0.783. The summed E-state index contributed by atoms with van der Waals surface area (Å²) in [4.78, 5) is 39.8. The normalized spacial score (nSPS) is 25.7. The van der Waals surface area contributed by atoms with Crippen molar-refractivity contribution >= 4 is 17.7 Å². The minimum atomic E-state index is -0.383. The van der Waals surface area contributed by atoms with E-state index in [2.05, 4.69) is 15.5 Å². The van der Waals surface area contributed by atoms with E-state index < -0.39 is 0 Å². The van der Waals surface area contributed by atoms with Gasteiger partial charge in [-0.15, -0.1) is 0 Å². The number of amides is 3. The number of nitrogens with zero attached hydrogens (tertiary/aromatic N) is 2. The zero-order chi connectivity index (χ0) is 18.7. The zero-order valence-electron chi connectivity index (χ0n) is 15.3. The molecule has 0 unspecified atom stereocenters. The minimum absolute atomic E-state index is 0.000424. The van der Waals surface area contributed by atoms with Crippen LogP contribution in [0.25, 0.3) is 0 Å². The number of benzene rings is 1. The number of carbonyl (C=O) groups is 3. The third kappa shape index (κ3) is 4.22. The first-order valence-electron chi connectivity index (χ1n) is 9.04. The van der Waals surface area contributed by atoms with Crippen LogP contribution in [0.2, 0.25) is 0 Å². The molecule has 2 fully saturated rings. The fourth-order valence-corrected chi connectivity index (χ4v) is 3.95. The van der Waals surface area contributed by atoms with Gasteiger partial charge in [0.2, 0.25) is 17.7 Å². The van der Waals surface area contributed by atoms with Crippen LogP contribution in [0.1, 0.15) is 25.8 Å². The zero-order valence-corrected chi connectivity index (χ0v) is 15.3. The summed E-state index contributed by atoms with van der Waals surface area (Å²) in [6.07, 6.45) is 0.767. The molecule has 2 saturated heterocycles. The first kappa shape index (κ1) is 18.4. The summed E-state index contributed by atoms with van der Waals surface area (Å²) in [6, 6.07) is 9.73. The monoisotopic (exact) mass is 358 g/mol. The number of piperazine rings is 1. The van der Waals surface area contributed by atoms with Gasteiger partial charge in [-0.2, -0.15) is 0 Å². The van der Waals surface area contributed by atoms with Crippen molar-refractivity contribution < 1.29 is 14.4 Å². The summed E-state index contributed by atoms with van der Waals surface area (Å²) in [5.74, 6) is -0.186. The maximum absolute atomic E-state index is 13.1. The van der Waals surface area contributed by atoms with Crippen molar-refractivity contribution in [1.82, 2.24) is 20.4 Å². The van der Waals surface area contributed by atoms with Gasteiger partial charge in [0.05, 0.1) is 0 Å². The molecule has 7 heteroatoms. The number of fused-ring (bicyclic) bond motifs is 1. The molecule has 1 aromatic carbocycles. The second-order valence-corrected chi connectivity index (χ2v) is 7.15. The highest BCUT2D eigenvalue weighted by Gasteiger charge is 2.45. The van der Waals surface area contributed by atoms with Crippen LogP contribution in [0.5, 0.6) is 0 Å². The molecule has 2 aliphatic heterocycles. The predicted octanol–water partition coefficient (Wildman–Crippen LogP) is 0.113. The maximum Gasteiger partial charge on any atom is 0.242 e. The Morgan fingerprint density at radius 1 is 1.12 bits per heavy atom. The number of carbonyl (C=O) groups excluding carboxylic acids is 3. The maximum atomic E-state index is 13.1. The average Bonchev–Trinajstić information content (AvgIpc) is 2.97. The molecule has 0 radical (unpaired) electrons. The Morgan fingerprint density at radius 3 is 2.50 bits per heavy atom. The van der Waals surface area contributed by atoms with E-state index in [9.17, 15) is 14.4 Å². The van der Waals surface area contributed by atoms with Crippen LogP contribution in [0.4, 0.5) is 0 Å². The highest BCUT2D eigenvalue weighted by Crippen LogP contribution is 2.27. The molecule has 2 aliphatic rings. The molecule has 0 bridgehead atoms. The summed E-state index contributed by atoms with van der Waals surface area (Å²) in [7, 11) is 0. The van der Waals surface area contributed by atoms with Crippen molar-refractivity contribution in [1.29, 1.82) is 0 Å². The first-order chi connectivity index (χ1) is 12.4. The molecule has 7 nitrogen and oxygen atoms in total. The summed E-state index contributed by atoms with van der Waals surface area (Å²) in [6.45, 7) is 5.20. The summed E-state index contributed by atoms with van der Waals surface area (Å²) < 4.78 is 0. The van der Waals surface area contributed by atoms with E-state index in [0.717, 1.165) is 18.5 Å². The first-order valence-corrected chi connectivity index (χ1v) is 9.04. The van der Waals surface area contributed by atoms with E-state index in [1.165, 1.54) is 13.8 Å². The third-order valence-corrected chi connectivity index (χ3v) is 5.05. The van der Waals surface area contributed by atoms with Gasteiger partial charge in [-0.1, -0.05) is 30.3 Å². The Balaban J connectivity index is 1.76. The molecule has 2 N–H and O–H groups in total. The van der Waals surface area contributed by atoms with E-state index in [1.807, 2.05) is 35.2 Å². The molecule has 0 aromatic heterocycles. The van der Waals surface area contributed by atoms with Crippen molar-refractivity contribution in [2.45, 2.75) is 44.9 Å². The van der Waals surface area contributed by atoms with Gasteiger partial charge in [-0.25, -0.2) is 0 Å². The molecule has 0 saturated carbocycles. The van der Waals surface area contributed by atoms with Crippen LogP contribution in [0.3, 0.4) is 0 Å². The fraction of sp³-hybridized carbons (Fsp3) is 0.526. The highest BCUT2D eigenvalue weighted by molar-refractivity contribution is 5.85. The highest BCUT2D eigenvalue weighted by atomic mass is 16.2. The van der Waals surface area contributed by atoms with Gasteiger partial charge in [-0.05, 0) is 12.0 Å². The van der Waals surface area contributed by atoms with Gasteiger partial charge in [0.15, 0.2) is 0 Å². The van der Waals surface area contributed by atoms with Crippen molar-refractivity contribution in [3.63, 3.8) is 0 Å². The van der Waals surface area contributed by atoms with Crippen LogP contribution < -0.4 is 10.6 Å². The Bertz CT molecular complexity index is 679. The smallest absolute Gasteiger partial charge is 0.242 e. The largest absolute Gasteiger partial charge is 0.354 e. The lowest BCUT2D eigenvalue weighted by Crippen LogP contribution is -2.62. The third-order valence-electron chi connectivity index (χ3n) is 5.05. The van der Waals surface area contributed by atoms with Crippen molar-refractivity contribution in [3.05, 3.63) is 35.9 Å². The van der Waals surface area contributed by atoms with Crippen molar-refractivity contribution in [2.75, 3.05) is 19.6 Å². The van der Waals surface area contributed by atoms with Crippen molar-refractivity contribution in [3.8, 4) is 0 Å². The van der Waals surface area contributed by atoms with E-state index >= 15 is 0 Å². The molecule has 3 rings (SSSR count). The van der Waals surface area contributed by atoms with E-state index in [-0.39, 0.29) is 35.8 Å². The number of rotatable bonds is 5. The molecule has 3 amide bonds. The van der Waals surface area contributed by atoms with Crippen LogP contribution in [0.15, 0.2) is 30.3 Å². The SMILES string of the molecule is CC(=O)NC[C@H]1C(=O)N2C[C@@H](NC(C)=O)C[C@H]2CN1Cc1ccccc1. The lowest BCUT2D eigenvalue weighted by Gasteiger charge is -2.42. The van der Waals surface area contributed by atoms with Crippen LogP contribution in [-0.2, 0) is 20.9 Å². The molecular formula is C19H26N4O3. The minimum Gasteiger partial charge on any atom is -0.354 e. The Hall–Kier alpha value is -2.41. The second kappa shape index (κ2) is 7.86. The summed E-state index contributed by atoms with van der Waals surface area (Å²) in [5, 5.41) is 5.71. The van der Waals surface area contributed by atoms with Crippen LogP contribution in [-0.4, -0.2) is 65.3 Å². The lowest BCUT2D eigenvalue weighted by molar-refractivity contribution is -0.144. The summed E-state index contributed by atoms with van der Waals surface area (Å²) >= 11 is 0. The van der Waals surface area contributed by atoms with Crippen LogP contribution in [0, 0.1) is 0 Å². The van der Waals surface area contributed by atoms with Gasteiger partial charge >= 0.3 is 0 Å². The molecular weight excluding hydrogens is 332 g/mol. The van der Waals surface area contributed by atoms with E-state index in [4.69, 9.17) is 0 Å². The molecule has 3 atom stereocenters. The molecule has 140 valence electrons. The Labute approximate surface area is 153 Å². The number of nitrogens with one attached hydrogen (secondary N) is 2. The number of hydrogen-bond acceptors (Lipinski definition) is 4. The molecule has 1 aromatic rings. The average molecular weight is 358 g/mol. The van der Waals surface area contributed by atoms with E-state index in [0.29, 0.717) is 19.6 Å². The van der Waals surface area contributed by atoms with E-state index in [1.54, 1.807) is 0 Å². The topological polar surface area (TPSA) is 81.8 Å². The fourth-order valence-electron chi connectivity index (χ4n) is 3.95. The van der Waals surface area contributed by atoms with Gasteiger partial charge in [0.25, 0.3) is 0 Å².